The molecule has 1 aromatic rings. The Hall–Kier alpha value is -1.00. The molecule has 0 bridgehead atoms. The molecule has 1 aliphatic heterocycles. The lowest BCUT2D eigenvalue weighted by Crippen LogP contribution is -2.47. The topological polar surface area (TPSA) is 23.5 Å². The molecule has 2 rings (SSSR count). The van der Waals surface area contributed by atoms with Crippen LogP contribution in [0.4, 0.5) is 8.78 Å². The van der Waals surface area contributed by atoms with Crippen molar-refractivity contribution in [1.29, 1.82) is 0 Å². The van der Waals surface area contributed by atoms with E-state index < -0.39 is 11.6 Å². The zero-order chi connectivity index (χ0) is 10.8. The van der Waals surface area contributed by atoms with E-state index in [1.165, 1.54) is 12.1 Å². The second kappa shape index (κ2) is 4.24. The Morgan fingerprint density at radius 3 is 2.33 bits per heavy atom. The van der Waals surface area contributed by atoms with Crippen LogP contribution in [0.2, 0.25) is 0 Å². The molecule has 1 fully saturated rings. The molecule has 82 valence electrons. The average molecular weight is 213 g/mol. The molecule has 0 saturated carbocycles. The SMILES string of the molecule is OCC1CN(Cc2cc(F)cc(F)c2)C1. The highest BCUT2D eigenvalue weighted by molar-refractivity contribution is 5.18. The van der Waals surface area contributed by atoms with E-state index in [2.05, 4.69) is 4.90 Å². The number of likely N-dealkylation sites (tertiary alicyclic amines) is 1. The number of aliphatic hydroxyl groups is 1. The van der Waals surface area contributed by atoms with Crippen molar-refractivity contribution in [3.63, 3.8) is 0 Å². The van der Waals surface area contributed by atoms with Crippen LogP contribution in [-0.2, 0) is 6.54 Å². The maximum atomic E-state index is 12.8. The first-order chi connectivity index (χ1) is 7.17. The second-order valence-corrected chi connectivity index (χ2v) is 4.02. The molecule has 15 heavy (non-hydrogen) atoms. The summed E-state index contributed by atoms with van der Waals surface area (Å²) in [5.41, 5.74) is 0.642. The van der Waals surface area contributed by atoms with Gasteiger partial charge < -0.3 is 5.11 Å². The molecule has 1 aromatic carbocycles. The average Bonchev–Trinajstić information content (AvgIpc) is 2.08. The molecule has 0 spiro atoms. The molecule has 0 aliphatic carbocycles. The van der Waals surface area contributed by atoms with E-state index >= 15 is 0 Å². The summed E-state index contributed by atoms with van der Waals surface area (Å²) < 4.78 is 25.7. The molecule has 4 heteroatoms. The number of halogens is 2. The minimum absolute atomic E-state index is 0.189. The molecule has 1 heterocycles. The van der Waals surface area contributed by atoms with Gasteiger partial charge in [0.15, 0.2) is 0 Å². The molecular weight excluding hydrogens is 200 g/mol. The molecule has 1 N–H and O–H groups in total. The predicted molar refractivity (Wildman–Crippen MR) is 52.2 cm³/mol. The van der Waals surface area contributed by atoms with E-state index in [9.17, 15) is 8.78 Å². The molecular formula is C11H13F2NO. The van der Waals surface area contributed by atoms with Crippen LogP contribution in [0.1, 0.15) is 5.56 Å². The third-order valence-corrected chi connectivity index (χ3v) is 2.62. The first-order valence-corrected chi connectivity index (χ1v) is 4.95. The zero-order valence-corrected chi connectivity index (χ0v) is 8.29. The highest BCUT2D eigenvalue weighted by atomic mass is 19.1. The van der Waals surface area contributed by atoms with Gasteiger partial charge >= 0.3 is 0 Å². The van der Waals surface area contributed by atoms with Crippen molar-refractivity contribution in [3.8, 4) is 0 Å². The van der Waals surface area contributed by atoms with Crippen molar-refractivity contribution >= 4 is 0 Å². The fraction of sp³-hybridized carbons (Fsp3) is 0.455. The lowest BCUT2D eigenvalue weighted by Gasteiger charge is -2.38. The Morgan fingerprint density at radius 1 is 1.20 bits per heavy atom. The summed E-state index contributed by atoms with van der Waals surface area (Å²) in [6, 6.07) is 3.56. The second-order valence-electron chi connectivity index (χ2n) is 4.02. The summed E-state index contributed by atoms with van der Waals surface area (Å²) in [5.74, 6) is -0.753. The number of benzene rings is 1. The van der Waals surface area contributed by atoms with Crippen LogP contribution in [0, 0.1) is 17.6 Å². The Bertz CT molecular complexity index is 330. The Balaban J connectivity index is 1.94. The third-order valence-electron chi connectivity index (χ3n) is 2.62. The van der Waals surface area contributed by atoms with Crippen LogP contribution in [0.15, 0.2) is 18.2 Å². The van der Waals surface area contributed by atoms with E-state index in [0.717, 1.165) is 19.2 Å². The number of nitrogens with zero attached hydrogens (tertiary/aromatic N) is 1. The smallest absolute Gasteiger partial charge is 0.126 e. The molecule has 0 unspecified atom stereocenters. The van der Waals surface area contributed by atoms with E-state index in [0.29, 0.717) is 18.0 Å². The van der Waals surface area contributed by atoms with Crippen LogP contribution in [-0.4, -0.2) is 29.7 Å². The number of rotatable bonds is 3. The van der Waals surface area contributed by atoms with Gasteiger partial charge in [-0.3, -0.25) is 4.90 Å². The first-order valence-electron chi connectivity index (χ1n) is 4.95. The van der Waals surface area contributed by atoms with Crippen LogP contribution in [0.3, 0.4) is 0 Å². The van der Waals surface area contributed by atoms with Gasteiger partial charge in [0.1, 0.15) is 11.6 Å². The fourth-order valence-electron chi connectivity index (χ4n) is 1.88. The predicted octanol–water partition coefficient (Wildman–Crippen LogP) is 1.39. The molecule has 2 nitrogen and oxygen atoms in total. The minimum Gasteiger partial charge on any atom is -0.396 e. The van der Waals surface area contributed by atoms with Crippen LogP contribution in [0.5, 0.6) is 0 Å². The fourth-order valence-corrected chi connectivity index (χ4v) is 1.88. The van der Waals surface area contributed by atoms with Gasteiger partial charge in [-0.25, -0.2) is 8.78 Å². The van der Waals surface area contributed by atoms with Crippen molar-refractivity contribution in [2.45, 2.75) is 6.54 Å². The van der Waals surface area contributed by atoms with E-state index in [4.69, 9.17) is 5.11 Å². The van der Waals surface area contributed by atoms with E-state index in [-0.39, 0.29) is 6.61 Å². The standard InChI is InChI=1S/C11H13F2NO/c12-10-1-8(2-11(13)3-10)4-14-5-9(6-14)7-15/h1-3,9,15H,4-7H2. The monoisotopic (exact) mass is 213 g/mol. The van der Waals surface area contributed by atoms with E-state index in [1.54, 1.807) is 0 Å². The van der Waals surface area contributed by atoms with Gasteiger partial charge in [-0.15, -0.1) is 0 Å². The van der Waals surface area contributed by atoms with Crippen molar-refractivity contribution < 1.29 is 13.9 Å². The van der Waals surface area contributed by atoms with Crippen LogP contribution >= 0.6 is 0 Å². The number of hydrogen-bond acceptors (Lipinski definition) is 2. The van der Waals surface area contributed by atoms with Crippen LogP contribution < -0.4 is 0 Å². The Kier molecular flexibility index (Phi) is 2.98. The Morgan fingerprint density at radius 2 is 1.80 bits per heavy atom. The largest absolute Gasteiger partial charge is 0.396 e. The molecule has 1 saturated heterocycles. The zero-order valence-electron chi connectivity index (χ0n) is 8.29. The summed E-state index contributed by atoms with van der Waals surface area (Å²) in [6.45, 7) is 2.34. The summed E-state index contributed by atoms with van der Waals surface area (Å²) in [6.07, 6.45) is 0. The lowest BCUT2D eigenvalue weighted by molar-refractivity contribution is 0.0478. The van der Waals surface area contributed by atoms with Crippen molar-refractivity contribution in [2.75, 3.05) is 19.7 Å². The van der Waals surface area contributed by atoms with Gasteiger partial charge in [-0.1, -0.05) is 0 Å². The van der Waals surface area contributed by atoms with Crippen LogP contribution in [0.25, 0.3) is 0 Å². The normalized spacial score (nSPS) is 17.8. The molecule has 0 atom stereocenters. The highest BCUT2D eigenvalue weighted by Crippen LogP contribution is 2.18. The van der Waals surface area contributed by atoms with Gasteiger partial charge in [0.2, 0.25) is 0 Å². The minimum atomic E-state index is -0.538. The quantitative estimate of drug-likeness (QED) is 0.820. The number of aliphatic hydroxyl groups excluding tert-OH is 1. The summed E-state index contributed by atoms with van der Waals surface area (Å²) in [5, 5.41) is 8.81. The van der Waals surface area contributed by atoms with Crippen molar-refractivity contribution in [2.24, 2.45) is 5.92 Å². The molecule has 0 radical (unpaired) electrons. The summed E-state index contributed by atoms with van der Waals surface area (Å²) >= 11 is 0. The lowest BCUT2D eigenvalue weighted by atomic mass is 10.0. The third kappa shape index (κ3) is 2.52. The molecule has 0 aromatic heterocycles. The molecule has 0 amide bonds. The van der Waals surface area contributed by atoms with Gasteiger partial charge in [0.25, 0.3) is 0 Å². The van der Waals surface area contributed by atoms with Crippen molar-refractivity contribution in [3.05, 3.63) is 35.4 Å². The van der Waals surface area contributed by atoms with Gasteiger partial charge in [0.05, 0.1) is 0 Å². The Labute approximate surface area is 87.1 Å². The number of hydrogen-bond donors (Lipinski definition) is 1. The van der Waals surface area contributed by atoms with E-state index in [1.807, 2.05) is 0 Å². The van der Waals surface area contributed by atoms with Gasteiger partial charge in [0, 0.05) is 38.2 Å². The maximum Gasteiger partial charge on any atom is 0.126 e. The maximum absolute atomic E-state index is 12.8. The highest BCUT2D eigenvalue weighted by Gasteiger charge is 2.25. The van der Waals surface area contributed by atoms with Crippen molar-refractivity contribution in [1.82, 2.24) is 4.90 Å². The molecule has 1 aliphatic rings. The summed E-state index contributed by atoms with van der Waals surface area (Å²) in [7, 11) is 0. The first kappa shape index (κ1) is 10.5. The summed E-state index contributed by atoms with van der Waals surface area (Å²) in [4.78, 5) is 2.05. The van der Waals surface area contributed by atoms with Gasteiger partial charge in [-0.05, 0) is 17.7 Å². The van der Waals surface area contributed by atoms with Gasteiger partial charge in [-0.2, -0.15) is 0 Å².